The number of nitrogens with zero attached hydrogens (tertiary/aromatic N) is 1. The summed E-state index contributed by atoms with van der Waals surface area (Å²) in [6, 6.07) is 5.76. The lowest BCUT2D eigenvalue weighted by Crippen LogP contribution is -2.10. The summed E-state index contributed by atoms with van der Waals surface area (Å²) in [6.07, 6.45) is 0.284. The van der Waals surface area contributed by atoms with Gasteiger partial charge in [0.2, 0.25) is 0 Å². The fourth-order valence-electron chi connectivity index (χ4n) is 1.13. The van der Waals surface area contributed by atoms with Crippen LogP contribution in [0.25, 0.3) is 0 Å². The standard InChI is InChI=1S/C10H11NO4S/c1-2-8(12)7-16(15)10-6-4-3-5-9(10)11(13)14/h3-6H,2,7H2,1H3. The van der Waals surface area contributed by atoms with Gasteiger partial charge in [-0.2, -0.15) is 0 Å². The molecule has 0 spiro atoms. The number of ketones is 1. The lowest BCUT2D eigenvalue weighted by Gasteiger charge is -2.01. The van der Waals surface area contributed by atoms with Gasteiger partial charge in [0, 0.05) is 12.5 Å². The first-order valence-electron chi connectivity index (χ1n) is 4.69. The largest absolute Gasteiger partial charge is 0.299 e. The van der Waals surface area contributed by atoms with E-state index in [1.54, 1.807) is 13.0 Å². The van der Waals surface area contributed by atoms with Crippen molar-refractivity contribution in [3.8, 4) is 0 Å². The molecule has 0 heterocycles. The molecule has 6 heteroatoms. The summed E-state index contributed by atoms with van der Waals surface area (Å²) in [5.74, 6) is -0.335. The number of hydrogen-bond acceptors (Lipinski definition) is 4. The van der Waals surface area contributed by atoms with Crippen molar-refractivity contribution in [1.82, 2.24) is 0 Å². The molecule has 0 N–H and O–H groups in total. The Bertz CT molecular complexity index is 444. The van der Waals surface area contributed by atoms with E-state index in [9.17, 15) is 19.1 Å². The van der Waals surface area contributed by atoms with Crippen LogP contribution < -0.4 is 0 Å². The number of carbonyl (C=O) groups excluding carboxylic acids is 1. The number of rotatable bonds is 5. The van der Waals surface area contributed by atoms with Gasteiger partial charge in [-0.3, -0.25) is 19.1 Å². The summed E-state index contributed by atoms with van der Waals surface area (Å²) >= 11 is 0. The fraction of sp³-hybridized carbons (Fsp3) is 0.300. The maximum atomic E-state index is 11.7. The van der Waals surface area contributed by atoms with E-state index in [2.05, 4.69) is 0 Å². The molecule has 0 aliphatic rings. The van der Waals surface area contributed by atoms with Crippen LogP contribution in [0.4, 0.5) is 5.69 Å². The van der Waals surface area contributed by atoms with Crippen molar-refractivity contribution in [2.75, 3.05) is 5.75 Å². The number of para-hydroxylation sites is 1. The van der Waals surface area contributed by atoms with Crippen LogP contribution >= 0.6 is 0 Å². The zero-order chi connectivity index (χ0) is 12.1. The lowest BCUT2D eigenvalue weighted by atomic mass is 10.3. The molecule has 0 fully saturated rings. The van der Waals surface area contributed by atoms with Crippen LogP contribution in [0.5, 0.6) is 0 Å². The molecule has 1 unspecified atom stereocenters. The minimum Gasteiger partial charge on any atom is -0.299 e. The van der Waals surface area contributed by atoms with E-state index in [4.69, 9.17) is 0 Å². The average molecular weight is 241 g/mol. The zero-order valence-corrected chi connectivity index (χ0v) is 9.53. The Hall–Kier alpha value is -1.56. The number of nitro benzene ring substituents is 1. The van der Waals surface area contributed by atoms with Crippen LogP contribution in [0.1, 0.15) is 13.3 Å². The van der Waals surface area contributed by atoms with Crippen LogP contribution in [-0.4, -0.2) is 20.7 Å². The number of hydrogen-bond donors (Lipinski definition) is 0. The summed E-state index contributed by atoms with van der Waals surface area (Å²) in [5, 5.41) is 10.7. The minimum atomic E-state index is -1.64. The van der Waals surface area contributed by atoms with E-state index in [1.165, 1.54) is 18.2 Å². The summed E-state index contributed by atoms with van der Waals surface area (Å²) in [7, 11) is -1.64. The minimum absolute atomic E-state index is 0.106. The van der Waals surface area contributed by atoms with Gasteiger partial charge < -0.3 is 0 Å². The molecule has 16 heavy (non-hydrogen) atoms. The van der Waals surface area contributed by atoms with Crippen molar-refractivity contribution >= 4 is 22.3 Å². The monoisotopic (exact) mass is 241 g/mol. The van der Waals surface area contributed by atoms with Crippen LogP contribution in [0.15, 0.2) is 29.2 Å². The molecule has 1 aromatic rings. The highest BCUT2D eigenvalue weighted by molar-refractivity contribution is 7.86. The number of Topliss-reactive ketones (excluding diaryl/α,β-unsaturated/α-hetero) is 1. The quantitative estimate of drug-likeness (QED) is 0.580. The second-order valence-corrected chi connectivity index (χ2v) is 4.53. The van der Waals surface area contributed by atoms with Gasteiger partial charge in [-0.1, -0.05) is 19.1 Å². The number of benzene rings is 1. The van der Waals surface area contributed by atoms with Crippen molar-refractivity contribution in [2.24, 2.45) is 0 Å². The molecule has 0 aliphatic heterocycles. The summed E-state index contributed by atoms with van der Waals surface area (Å²) in [5.41, 5.74) is -0.204. The second kappa shape index (κ2) is 5.50. The molecule has 5 nitrogen and oxygen atoms in total. The maximum absolute atomic E-state index is 11.7. The first kappa shape index (κ1) is 12.5. The van der Waals surface area contributed by atoms with E-state index in [-0.39, 0.29) is 28.5 Å². The Kier molecular flexibility index (Phi) is 4.30. The summed E-state index contributed by atoms with van der Waals surface area (Å²) in [4.78, 5) is 21.3. The third kappa shape index (κ3) is 2.96. The van der Waals surface area contributed by atoms with Gasteiger partial charge >= 0.3 is 0 Å². The maximum Gasteiger partial charge on any atom is 0.285 e. The molecule has 0 aromatic heterocycles. The molecule has 1 rings (SSSR count). The third-order valence-corrected chi connectivity index (χ3v) is 3.41. The molecule has 1 aromatic carbocycles. The molecular formula is C10H11NO4S. The van der Waals surface area contributed by atoms with Gasteiger partial charge in [0.15, 0.2) is 0 Å². The normalized spacial score (nSPS) is 12.1. The number of nitro groups is 1. The summed E-state index contributed by atoms with van der Waals surface area (Å²) < 4.78 is 11.7. The highest BCUT2D eigenvalue weighted by Gasteiger charge is 2.19. The van der Waals surface area contributed by atoms with E-state index in [0.717, 1.165) is 0 Å². The SMILES string of the molecule is CCC(=O)CS(=O)c1ccccc1[N+](=O)[O-]. The topological polar surface area (TPSA) is 77.3 Å². The molecule has 0 saturated carbocycles. The zero-order valence-electron chi connectivity index (χ0n) is 8.71. The van der Waals surface area contributed by atoms with E-state index >= 15 is 0 Å². The molecule has 86 valence electrons. The molecule has 0 amide bonds. The van der Waals surface area contributed by atoms with Crippen molar-refractivity contribution < 1.29 is 13.9 Å². The second-order valence-electron chi connectivity index (χ2n) is 3.11. The first-order valence-corrected chi connectivity index (χ1v) is 6.01. The van der Waals surface area contributed by atoms with Gasteiger partial charge in [0.05, 0.1) is 21.5 Å². The fourth-order valence-corrected chi connectivity index (χ4v) is 2.38. The van der Waals surface area contributed by atoms with Crippen LogP contribution in [0.2, 0.25) is 0 Å². The van der Waals surface area contributed by atoms with Crippen LogP contribution in [0, 0.1) is 10.1 Å². The van der Waals surface area contributed by atoms with Crippen LogP contribution in [0.3, 0.4) is 0 Å². The molecule has 1 atom stereocenters. The Morgan fingerprint density at radius 3 is 2.62 bits per heavy atom. The van der Waals surface area contributed by atoms with Gasteiger partial charge in [-0.25, -0.2) is 0 Å². The van der Waals surface area contributed by atoms with Crippen molar-refractivity contribution in [3.05, 3.63) is 34.4 Å². The average Bonchev–Trinajstić information content (AvgIpc) is 2.28. The molecule has 0 bridgehead atoms. The van der Waals surface area contributed by atoms with E-state index in [0.29, 0.717) is 0 Å². The molecular weight excluding hydrogens is 230 g/mol. The van der Waals surface area contributed by atoms with Crippen molar-refractivity contribution in [2.45, 2.75) is 18.2 Å². The van der Waals surface area contributed by atoms with Crippen LogP contribution in [-0.2, 0) is 15.6 Å². The molecule has 0 aliphatic carbocycles. The van der Waals surface area contributed by atoms with Gasteiger partial charge in [0.25, 0.3) is 5.69 Å². The van der Waals surface area contributed by atoms with Crippen molar-refractivity contribution in [1.29, 1.82) is 0 Å². The first-order chi connectivity index (χ1) is 7.56. The number of carbonyl (C=O) groups is 1. The van der Waals surface area contributed by atoms with Crippen molar-refractivity contribution in [3.63, 3.8) is 0 Å². The molecule has 0 radical (unpaired) electrons. The Labute approximate surface area is 95.1 Å². The Balaban J connectivity index is 2.99. The Morgan fingerprint density at radius 1 is 1.44 bits per heavy atom. The lowest BCUT2D eigenvalue weighted by molar-refractivity contribution is -0.387. The van der Waals surface area contributed by atoms with E-state index < -0.39 is 15.7 Å². The predicted molar refractivity (Wildman–Crippen MR) is 59.7 cm³/mol. The Morgan fingerprint density at radius 2 is 2.06 bits per heavy atom. The van der Waals surface area contributed by atoms with E-state index in [1.807, 2.05) is 0 Å². The third-order valence-electron chi connectivity index (χ3n) is 1.99. The highest BCUT2D eigenvalue weighted by atomic mass is 32.2. The van der Waals surface area contributed by atoms with Gasteiger partial charge in [0.1, 0.15) is 10.7 Å². The van der Waals surface area contributed by atoms with Gasteiger partial charge in [-0.05, 0) is 6.07 Å². The highest BCUT2D eigenvalue weighted by Crippen LogP contribution is 2.21. The summed E-state index contributed by atoms with van der Waals surface area (Å²) in [6.45, 7) is 1.67. The van der Waals surface area contributed by atoms with Gasteiger partial charge in [-0.15, -0.1) is 0 Å². The predicted octanol–water partition coefficient (Wildman–Crippen LogP) is 1.68. The smallest absolute Gasteiger partial charge is 0.285 e. The molecule has 0 saturated heterocycles.